The fraction of sp³-hybridized carbons (Fsp3) is 0. The van der Waals surface area contributed by atoms with Gasteiger partial charge in [-0.3, -0.25) is 0 Å². The Morgan fingerprint density at radius 3 is 2.00 bits per heavy atom. The molecular weight excluding hydrogens is 231 g/mol. The molecule has 7 heteroatoms. The van der Waals surface area contributed by atoms with Gasteiger partial charge in [-0.2, -0.15) is 0 Å². The van der Waals surface area contributed by atoms with E-state index >= 15 is 0 Å². The number of aromatic carboxylic acids is 1. The topological polar surface area (TPSA) is 37.3 Å². The number of carboxylic acids is 1. The number of halogens is 4. The van der Waals surface area contributed by atoms with Crippen molar-refractivity contribution >= 4 is 57.4 Å². The summed E-state index contributed by atoms with van der Waals surface area (Å²) < 4.78 is 49.5. The quantitative estimate of drug-likeness (QED) is 0.344. The Bertz CT molecular complexity index is 380. The third-order valence-corrected chi connectivity index (χ3v) is 1.33. The molecule has 0 amide bonds. The Labute approximate surface area is 118 Å². The zero-order valence-electron chi connectivity index (χ0n) is 5.94. The van der Waals surface area contributed by atoms with Gasteiger partial charge in [0, 0.05) is 0 Å². The van der Waals surface area contributed by atoms with E-state index in [0.29, 0.717) is 0 Å². The van der Waals surface area contributed by atoms with Crippen molar-refractivity contribution in [2.24, 2.45) is 0 Å². The van der Waals surface area contributed by atoms with Crippen molar-refractivity contribution in [3.63, 3.8) is 0 Å². The van der Waals surface area contributed by atoms with Crippen LogP contribution in [0.25, 0.3) is 0 Å². The molecule has 0 saturated heterocycles. The van der Waals surface area contributed by atoms with Crippen molar-refractivity contribution in [3.8, 4) is 0 Å². The van der Waals surface area contributed by atoms with Crippen molar-refractivity contribution < 1.29 is 27.5 Å². The molecule has 0 aliphatic rings. The van der Waals surface area contributed by atoms with Gasteiger partial charge >= 0.3 is 57.4 Å². The number of hydrogen-bond donors (Lipinski definition) is 1. The minimum atomic E-state index is -2.13. The van der Waals surface area contributed by atoms with Crippen molar-refractivity contribution in [2.45, 2.75) is 0 Å². The number of benzene rings is 1. The van der Waals surface area contributed by atoms with Crippen LogP contribution in [0.3, 0.4) is 0 Å². The molecular formula is C7H3F4KO2. The fourth-order valence-electron chi connectivity index (χ4n) is 0.728. The van der Waals surface area contributed by atoms with Gasteiger partial charge in [0.05, 0.1) is 0 Å². The Balaban J connectivity index is 0.00000169. The third kappa shape index (κ3) is 2.54. The SMILES string of the molecule is O=C(O)c1cc(F)c(F)c(F)c1F.[KH]. The van der Waals surface area contributed by atoms with E-state index in [1.807, 2.05) is 0 Å². The first-order valence-electron chi connectivity index (χ1n) is 3.01. The Kier molecular flexibility index (Phi) is 5.24. The average molecular weight is 234 g/mol. The molecule has 1 aromatic rings. The molecule has 1 rings (SSSR count). The van der Waals surface area contributed by atoms with Crippen molar-refractivity contribution in [3.05, 3.63) is 34.9 Å². The van der Waals surface area contributed by atoms with Crippen LogP contribution in [-0.2, 0) is 0 Å². The zero-order chi connectivity index (χ0) is 10.2. The second-order valence-corrected chi connectivity index (χ2v) is 2.15. The molecule has 0 bridgehead atoms. The first-order chi connectivity index (χ1) is 5.95. The van der Waals surface area contributed by atoms with Crippen LogP contribution in [0.5, 0.6) is 0 Å². The molecule has 0 aliphatic carbocycles. The monoisotopic (exact) mass is 234 g/mol. The molecule has 0 unspecified atom stereocenters. The van der Waals surface area contributed by atoms with Crippen LogP contribution in [0.15, 0.2) is 6.07 Å². The van der Waals surface area contributed by atoms with E-state index < -0.39 is 34.8 Å². The number of hydrogen-bond acceptors (Lipinski definition) is 1. The van der Waals surface area contributed by atoms with Gasteiger partial charge in [0.15, 0.2) is 23.3 Å². The van der Waals surface area contributed by atoms with Crippen molar-refractivity contribution in [2.75, 3.05) is 0 Å². The predicted octanol–water partition coefficient (Wildman–Crippen LogP) is 1.29. The minimum absolute atomic E-state index is 0. The van der Waals surface area contributed by atoms with E-state index in [2.05, 4.69) is 0 Å². The summed E-state index contributed by atoms with van der Waals surface area (Å²) in [6, 6.07) is 0.0794. The second-order valence-electron chi connectivity index (χ2n) is 2.15. The molecule has 0 atom stereocenters. The first-order valence-corrected chi connectivity index (χ1v) is 3.01. The number of carboxylic acid groups (broad SMARTS) is 1. The van der Waals surface area contributed by atoms with E-state index in [4.69, 9.17) is 5.11 Å². The third-order valence-electron chi connectivity index (χ3n) is 1.33. The van der Waals surface area contributed by atoms with Gasteiger partial charge in [-0.15, -0.1) is 0 Å². The van der Waals surface area contributed by atoms with Gasteiger partial charge < -0.3 is 5.11 Å². The van der Waals surface area contributed by atoms with Gasteiger partial charge in [0.25, 0.3) is 0 Å². The molecule has 1 N–H and O–H groups in total. The van der Waals surface area contributed by atoms with E-state index in [9.17, 15) is 22.4 Å². The Morgan fingerprint density at radius 2 is 1.57 bits per heavy atom. The molecule has 0 spiro atoms. The molecule has 0 heterocycles. The first kappa shape index (κ1) is 14.0. The van der Waals surface area contributed by atoms with Crippen LogP contribution in [0.4, 0.5) is 17.6 Å². The van der Waals surface area contributed by atoms with Crippen LogP contribution in [0.2, 0.25) is 0 Å². The van der Waals surface area contributed by atoms with Gasteiger partial charge in [-0.1, -0.05) is 0 Å². The van der Waals surface area contributed by atoms with Gasteiger partial charge in [0.1, 0.15) is 5.56 Å². The molecule has 72 valence electrons. The molecule has 0 aromatic heterocycles. The summed E-state index contributed by atoms with van der Waals surface area (Å²) in [6.45, 7) is 0. The van der Waals surface area contributed by atoms with Crippen LogP contribution < -0.4 is 0 Å². The molecule has 0 radical (unpaired) electrons. The van der Waals surface area contributed by atoms with E-state index in [-0.39, 0.29) is 57.5 Å². The average Bonchev–Trinajstić information content (AvgIpc) is 2.07. The van der Waals surface area contributed by atoms with E-state index in [0.717, 1.165) is 0 Å². The summed E-state index contributed by atoms with van der Waals surface area (Å²) in [6.07, 6.45) is 0. The van der Waals surface area contributed by atoms with Crippen molar-refractivity contribution in [1.29, 1.82) is 0 Å². The normalized spacial score (nSPS) is 9.43. The van der Waals surface area contributed by atoms with E-state index in [1.165, 1.54) is 0 Å². The summed E-state index contributed by atoms with van der Waals surface area (Å²) in [4.78, 5) is 10.1. The van der Waals surface area contributed by atoms with Crippen molar-refractivity contribution in [1.82, 2.24) is 0 Å². The Hall–Kier alpha value is 0.0464. The maximum atomic E-state index is 12.5. The van der Waals surface area contributed by atoms with Gasteiger partial charge in [-0.05, 0) is 6.07 Å². The summed E-state index contributed by atoms with van der Waals surface area (Å²) >= 11 is 0. The van der Waals surface area contributed by atoms with Crippen LogP contribution in [0, 0.1) is 23.3 Å². The van der Waals surface area contributed by atoms with Crippen LogP contribution >= 0.6 is 0 Å². The molecule has 2 nitrogen and oxygen atoms in total. The molecule has 0 saturated carbocycles. The van der Waals surface area contributed by atoms with E-state index in [1.54, 1.807) is 0 Å². The second kappa shape index (κ2) is 5.22. The molecule has 1 aromatic carbocycles. The Morgan fingerprint density at radius 1 is 1.07 bits per heavy atom. The fourth-order valence-corrected chi connectivity index (χ4v) is 0.728. The number of rotatable bonds is 1. The van der Waals surface area contributed by atoms with Gasteiger partial charge in [-0.25, -0.2) is 22.4 Å². The zero-order valence-corrected chi connectivity index (χ0v) is 5.94. The summed E-state index contributed by atoms with van der Waals surface area (Å²) in [7, 11) is 0. The summed E-state index contributed by atoms with van der Waals surface area (Å²) in [5.74, 6) is -9.67. The predicted molar refractivity (Wildman–Crippen MR) is 40.4 cm³/mol. The number of carbonyl (C=O) groups is 1. The molecule has 0 aliphatic heterocycles. The standard InChI is InChI=1S/C7H2F4O2.K.H/c8-3-1-2(7(12)13)4(9)6(11)5(3)10;;/h1H,(H,12,13);;. The molecule has 14 heavy (non-hydrogen) atoms. The summed E-state index contributed by atoms with van der Waals surface area (Å²) in [5, 5.41) is 8.21. The molecule has 0 fully saturated rings. The maximum absolute atomic E-state index is 12.5. The van der Waals surface area contributed by atoms with Gasteiger partial charge in [0.2, 0.25) is 0 Å². The summed E-state index contributed by atoms with van der Waals surface area (Å²) in [5.41, 5.74) is -1.24. The van der Waals surface area contributed by atoms with Crippen LogP contribution in [-0.4, -0.2) is 62.5 Å². The van der Waals surface area contributed by atoms with Crippen LogP contribution in [0.1, 0.15) is 10.4 Å².